The highest BCUT2D eigenvalue weighted by Gasteiger charge is 2.46. The molecule has 2 atom stereocenters. The van der Waals surface area contributed by atoms with Gasteiger partial charge in [-0.25, -0.2) is 0 Å². The summed E-state index contributed by atoms with van der Waals surface area (Å²) in [5, 5.41) is 13.1. The first-order chi connectivity index (χ1) is 9.98. The van der Waals surface area contributed by atoms with Crippen molar-refractivity contribution in [2.45, 2.75) is 83.3 Å². The number of carboxylic acid groups (broad SMARTS) is 1. The Morgan fingerprint density at radius 2 is 2.05 bits per heavy atom. The van der Waals surface area contributed by atoms with Gasteiger partial charge in [-0.15, -0.1) is 0 Å². The second-order valence-corrected chi connectivity index (χ2v) is 7.39. The Morgan fingerprint density at radius 3 is 2.57 bits per heavy atom. The second-order valence-electron chi connectivity index (χ2n) is 7.39. The van der Waals surface area contributed by atoms with Gasteiger partial charge in [-0.3, -0.25) is 9.69 Å². The van der Waals surface area contributed by atoms with Crippen LogP contribution in [0.2, 0.25) is 0 Å². The fraction of sp³-hybridized carbons (Fsp3) is 0.941. The van der Waals surface area contributed by atoms with Crippen molar-refractivity contribution < 1.29 is 9.90 Å². The van der Waals surface area contributed by atoms with Crippen LogP contribution in [0.15, 0.2) is 0 Å². The quantitative estimate of drug-likeness (QED) is 0.723. The van der Waals surface area contributed by atoms with Gasteiger partial charge in [0.2, 0.25) is 0 Å². The lowest BCUT2D eigenvalue weighted by atomic mass is 9.78. The van der Waals surface area contributed by atoms with E-state index in [0.29, 0.717) is 18.0 Å². The zero-order chi connectivity index (χ0) is 15.5. The van der Waals surface area contributed by atoms with E-state index in [-0.39, 0.29) is 0 Å². The van der Waals surface area contributed by atoms with Gasteiger partial charge in [-0.1, -0.05) is 20.8 Å². The van der Waals surface area contributed by atoms with Gasteiger partial charge in [0, 0.05) is 18.6 Å². The third-order valence-electron chi connectivity index (χ3n) is 4.91. The van der Waals surface area contributed by atoms with Gasteiger partial charge >= 0.3 is 5.97 Å². The molecular formula is C17H32N2O2. The van der Waals surface area contributed by atoms with Gasteiger partial charge in [-0.2, -0.15) is 0 Å². The summed E-state index contributed by atoms with van der Waals surface area (Å²) in [4.78, 5) is 14.5. The van der Waals surface area contributed by atoms with Gasteiger partial charge in [0.05, 0.1) is 0 Å². The van der Waals surface area contributed by atoms with Crippen molar-refractivity contribution in [2.24, 2.45) is 5.92 Å². The zero-order valence-corrected chi connectivity index (χ0v) is 13.9. The highest BCUT2D eigenvalue weighted by molar-refractivity contribution is 5.79. The van der Waals surface area contributed by atoms with E-state index < -0.39 is 11.5 Å². The van der Waals surface area contributed by atoms with E-state index >= 15 is 0 Å². The molecule has 0 aromatic carbocycles. The van der Waals surface area contributed by atoms with Crippen LogP contribution in [0, 0.1) is 5.92 Å². The Kier molecular flexibility index (Phi) is 5.67. The minimum absolute atomic E-state index is 0.439. The van der Waals surface area contributed by atoms with Crippen molar-refractivity contribution in [3.63, 3.8) is 0 Å². The van der Waals surface area contributed by atoms with E-state index in [2.05, 4.69) is 31.0 Å². The van der Waals surface area contributed by atoms with E-state index in [4.69, 9.17) is 0 Å². The van der Waals surface area contributed by atoms with E-state index in [1.54, 1.807) is 0 Å². The van der Waals surface area contributed by atoms with Crippen LogP contribution in [0.3, 0.4) is 0 Å². The molecule has 2 unspecified atom stereocenters. The standard InChI is InChI=1S/C17H32N2O2/c1-4-10-18-17(16(20)21)9-5-6-15(11-17)19(12-13(2)3)14-7-8-14/h13-15,18H,4-12H2,1-3H3,(H,20,21). The largest absolute Gasteiger partial charge is 0.480 e. The molecule has 2 fully saturated rings. The SMILES string of the molecule is CCCNC1(C(=O)O)CCCC(N(CC(C)C)C2CC2)C1. The summed E-state index contributed by atoms with van der Waals surface area (Å²) in [6, 6.07) is 1.15. The van der Waals surface area contributed by atoms with Crippen LogP contribution in [0.5, 0.6) is 0 Å². The predicted molar refractivity (Wildman–Crippen MR) is 85.5 cm³/mol. The number of nitrogens with one attached hydrogen (secondary N) is 1. The molecule has 0 aliphatic heterocycles. The Labute approximate surface area is 129 Å². The zero-order valence-electron chi connectivity index (χ0n) is 13.9. The van der Waals surface area contributed by atoms with Gasteiger partial charge in [0.15, 0.2) is 0 Å². The summed E-state index contributed by atoms with van der Waals surface area (Å²) < 4.78 is 0. The number of nitrogens with zero attached hydrogens (tertiary/aromatic N) is 1. The Morgan fingerprint density at radius 1 is 1.33 bits per heavy atom. The fourth-order valence-corrected chi connectivity index (χ4v) is 3.75. The van der Waals surface area contributed by atoms with Gasteiger partial charge in [0.1, 0.15) is 5.54 Å². The molecule has 0 amide bonds. The number of hydrogen-bond donors (Lipinski definition) is 2. The molecule has 2 saturated carbocycles. The molecule has 0 saturated heterocycles. The van der Waals surface area contributed by atoms with E-state index in [1.807, 2.05) is 0 Å². The minimum Gasteiger partial charge on any atom is -0.480 e. The van der Waals surface area contributed by atoms with E-state index in [1.165, 1.54) is 12.8 Å². The molecule has 0 bridgehead atoms. The topological polar surface area (TPSA) is 52.6 Å². The molecule has 0 radical (unpaired) electrons. The molecule has 0 aromatic heterocycles. The molecule has 0 heterocycles. The number of carbonyl (C=O) groups is 1. The minimum atomic E-state index is -0.691. The van der Waals surface area contributed by atoms with Crippen LogP contribution in [-0.2, 0) is 4.79 Å². The molecule has 4 nitrogen and oxygen atoms in total. The molecule has 2 N–H and O–H groups in total. The first-order valence-electron chi connectivity index (χ1n) is 8.72. The lowest BCUT2D eigenvalue weighted by Gasteiger charge is -2.43. The number of hydrogen-bond acceptors (Lipinski definition) is 3. The van der Waals surface area contributed by atoms with Gasteiger partial charge < -0.3 is 10.4 Å². The first-order valence-corrected chi connectivity index (χ1v) is 8.72. The van der Waals surface area contributed by atoms with Crippen molar-refractivity contribution in [3.8, 4) is 0 Å². The average Bonchev–Trinajstić information content (AvgIpc) is 3.27. The number of carboxylic acids is 1. The molecule has 4 heteroatoms. The summed E-state index contributed by atoms with van der Waals surface area (Å²) in [5.74, 6) is -0.00343. The molecule has 0 spiro atoms. The smallest absolute Gasteiger partial charge is 0.323 e. The van der Waals surface area contributed by atoms with Gasteiger partial charge in [0.25, 0.3) is 0 Å². The summed E-state index contributed by atoms with van der Waals surface area (Å²) in [6.07, 6.45) is 7.31. The highest BCUT2D eigenvalue weighted by atomic mass is 16.4. The summed E-state index contributed by atoms with van der Waals surface area (Å²) in [5.41, 5.74) is -0.691. The molecule has 2 aliphatic rings. The van der Waals surface area contributed by atoms with Crippen molar-refractivity contribution in [1.29, 1.82) is 0 Å². The van der Waals surface area contributed by atoms with Crippen molar-refractivity contribution in [1.82, 2.24) is 10.2 Å². The maximum atomic E-state index is 11.9. The number of rotatable bonds is 8. The molecule has 2 aliphatic carbocycles. The van der Waals surface area contributed by atoms with Crippen LogP contribution >= 0.6 is 0 Å². The maximum absolute atomic E-state index is 11.9. The normalized spacial score (nSPS) is 30.0. The average molecular weight is 296 g/mol. The van der Waals surface area contributed by atoms with Crippen LogP contribution in [0.25, 0.3) is 0 Å². The molecule has 21 heavy (non-hydrogen) atoms. The van der Waals surface area contributed by atoms with E-state index in [0.717, 1.165) is 45.2 Å². The lowest BCUT2D eigenvalue weighted by Crippen LogP contribution is -2.59. The maximum Gasteiger partial charge on any atom is 0.323 e. The van der Waals surface area contributed by atoms with Crippen LogP contribution in [0.1, 0.15) is 65.7 Å². The van der Waals surface area contributed by atoms with Crippen molar-refractivity contribution in [2.75, 3.05) is 13.1 Å². The van der Waals surface area contributed by atoms with Crippen molar-refractivity contribution >= 4 is 5.97 Å². The van der Waals surface area contributed by atoms with Gasteiger partial charge in [-0.05, 0) is 57.4 Å². The van der Waals surface area contributed by atoms with Crippen LogP contribution in [-0.4, -0.2) is 46.7 Å². The summed E-state index contributed by atoms with van der Waals surface area (Å²) in [7, 11) is 0. The fourth-order valence-electron chi connectivity index (χ4n) is 3.75. The molecule has 0 aromatic rings. The first kappa shape index (κ1) is 16.8. The monoisotopic (exact) mass is 296 g/mol. The lowest BCUT2D eigenvalue weighted by molar-refractivity contribution is -0.147. The van der Waals surface area contributed by atoms with Crippen LogP contribution < -0.4 is 5.32 Å². The second kappa shape index (κ2) is 7.10. The molecule has 2 rings (SSSR count). The number of aliphatic carboxylic acids is 1. The Balaban J connectivity index is 2.07. The third kappa shape index (κ3) is 4.19. The van der Waals surface area contributed by atoms with Crippen molar-refractivity contribution in [3.05, 3.63) is 0 Å². The highest BCUT2D eigenvalue weighted by Crippen LogP contribution is 2.37. The Hall–Kier alpha value is -0.610. The predicted octanol–water partition coefficient (Wildman–Crippen LogP) is 2.87. The van der Waals surface area contributed by atoms with Crippen LogP contribution in [0.4, 0.5) is 0 Å². The third-order valence-corrected chi connectivity index (χ3v) is 4.91. The van der Waals surface area contributed by atoms with E-state index in [9.17, 15) is 9.90 Å². The summed E-state index contributed by atoms with van der Waals surface area (Å²) >= 11 is 0. The summed E-state index contributed by atoms with van der Waals surface area (Å²) in [6.45, 7) is 8.53. The molecule has 122 valence electrons. The Bertz CT molecular complexity index is 355. The molecular weight excluding hydrogens is 264 g/mol.